The van der Waals surface area contributed by atoms with Crippen LogP contribution in [0.3, 0.4) is 0 Å². The number of carboxylic acid groups (broad SMARTS) is 1. The van der Waals surface area contributed by atoms with Gasteiger partial charge in [-0.25, -0.2) is 4.79 Å². The fourth-order valence-corrected chi connectivity index (χ4v) is 1.52. The molecule has 1 rings (SSSR count). The Hall–Kier alpha value is -2.32. The molecule has 0 saturated heterocycles. The second kappa shape index (κ2) is 5.23. The number of carbonyl (C=O) groups excluding carboxylic acids is 2. The average Bonchev–Trinajstić information content (AvgIpc) is 2.69. The molecule has 1 heterocycles. The molecule has 6 nitrogen and oxygen atoms in total. The summed E-state index contributed by atoms with van der Waals surface area (Å²) in [4.78, 5) is 33.9. The summed E-state index contributed by atoms with van der Waals surface area (Å²) in [5.74, 6) is -3.85. The van der Waals surface area contributed by atoms with E-state index in [0.29, 0.717) is 6.92 Å². The summed E-state index contributed by atoms with van der Waals surface area (Å²) in [5, 5.41) is 10.2. The second-order valence-electron chi connectivity index (χ2n) is 4.66. The minimum absolute atomic E-state index is 0.131. The summed E-state index contributed by atoms with van der Waals surface area (Å²) in [7, 11) is 1.35. The third-order valence-corrected chi connectivity index (χ3v) is 3.00. The topological polar surface area (TPSA) is 88.4 Å². The van der Waals surface area contributed by atoms with Crippen molar-refractivity contribution in [2.24, 2.45) is 7.05 Å². The van der Waals surface area contributed by atoms with Crippen LogP contribution in [0.4, 0.5) is 13.2 Å². The highest BCUT2D eigenvalue weighted by Crippen LogP contribution is 2.30. The molecule has 1 amide bonds. The van der Waals surface area contributed by atoms with Crippen LogP contribution in [0.15, 0.2) is 12.3 Å². The minimum atomic E-state index is -5.18. The molecule has 0 bridgehead atoms. The summed E-state index contributed by atoms with van der Waals surface area (Å²) in [6, 6.07) is 1.09. The Bertz CT molecular complexity index is 606. The number of aliphatic carboxylic acids is 1. The zero-order chi connectivity index (χ0) is 16.6. The Morgan fingerprint density at radius 2 is 1.81 bits per heavy atom. The molecule has 21 heavy (non-hydrogen) atoms. The number of hydrogen-bond donors (Lipinski definition) is 2. The molecule has 0 spiro atoms. The number of halogens is 3. The van der Waals surface area contributed by atoms with Crippen molar-refractivity contribution in [2.45, 2.75) is 25.6 Å². The van der Waals surface area contributed by atoms with Crippen LogP contribution < -0.4 is 5.32 Å². The van der Waals surface area contributed by atoms with Gasteiger partial charge in [-0.3, -0.25) is 9.59 Å². The number of nitrogens with zero attached hydrogens (tertiary/aromatic N) is 1. The lowest BCUT2D eigenvalue weighted by molar-refractivity contribution is -0.203. The van der Waals surface area contributed by atoms with E-state index in [1.807, 2.05) is 0 Å². The van der Waals surface area contributed by atoms with Crippen LogP contribution >= 0.6 is 0 Å². The number of aryl methyl sites for hydroxylation is 1. The largest absolute Gasteiger partial charge is 0.479 e. The Balaban J connectivity index is 3.15. The van der Waals surface area contributed by atoms with Gasteiger partial charge in [-0.1, -0.05) is 0 Å². The summed E-state index contributed by atoms with van der Waals surface area (Å²) in [5.41, 5.74) is -3.55. The SMILES string of the molecule is CC(=O)c1cc(C(=O)NC(C)(C(=O)O)C(F)(F)F)n(C)c1. The zero-order valence-electron chi connectivity index (χ0n) is 11.4. The second-order valence-corrected chi connectivity index (χ2v) is 4.66. The number of rotatable bonds is 4. The van der Waals surface area contributed by atoms with Gasteiger partial charge in [0, 0.05) is 18.8 Å². The van der Waals surface area contributed by atoms with Crippen LogP contribution in [0.25, 0.3) is 0 Å². The maximum Gasteiger partial charge on any atom is 0.422 e. The van der Waals surface area contributed by atoms with Crippen molar-refractivity contribution < 1.29 is 32.7 Å². The lowest BCUT2D eigenvalue weighted by Crippen LogP contribution is -2.62. The molecular formula is C12H13F3N2O4. The molecule has 116 valence electrons. The molecule has 0 aliphatic heterocycles. The molecule has 0 radical (unpaired) electrons. The number of carbonyl (C=O) groups is 3. The molecule has 0 saturated carbocycles. The van der Waals surface area contributed by atoms with Gasteiger partial charge in [0.05, 0.1) is 0 Å². The Morgan fingerprint density at radius 3 is 2.14 bits per heavy atom. The van der Waals surface area contributed by atoms with Crippen LogP contribution in [-0.2, 0) is 11.8 Å². The molecular weight excluding hydrogens is 293 g/mol. The van der Waals surface area contributed by atoms with Crippen molar-refractivity contribution in [2.75, 3.05) is 0 Å². The van der Waals surface area contributed by atoms with Crippen LogP contribution in [0.2, 0.25) is 0 Å². The Labute approximate surface area is 117 Å². The molecule has 0 aliphatic carbocycles. The molecule has 9 heteroatoms. The molecule has 0 aliphatic rings. The quantitative estimate of drug-likeness (QED) is 0.822. The summed E-state index contributed by atoms with van der Waals surface area (Å²) >= 11 is 0. The fraction of sp³-hybridized carbons (Fsp3) is 0.417. The van der Waals surface area contributed by atoms with Gasteiger partial charge in [0.15, 0.2) is 5.78 Å². The van der Waals surface area contributed by atoms with Crippen molar-refractivity contribution in [1.82, 2.24) is 9.88 Å². The van der Waals surface area contributed by atoms with Crippen LogP contribution in [0.1, 0.15) is 34.7 Å². The normalized spacial score (nSPS) is 14.4. The van der Waals surface area contributed by atoms with E-state index < -0.39 is 23.6 Å². The maximum atomic E-state index is 12.8. The highest BCUT2D eigenvalue weighted by molar-refractivity contribution is 6.01. The van der Waals surface area contributed by atoms with Gasteiger partial charge in [0.1, 0.15) is 5.69 Å². The Morgan fingerprint density at radius 1 is 1.29 bits per heavy atom. The molecule has 1 aromatic heterocycles. The number of hydrogen-bond acceptors (Lipinski definition) is 3. The number of nitrogens with one attached hydrogen (secondary N) is 1. The number of amides is 1. The highest BCUT2D eigenvalue weighted by atomic mass is 19.4. The predicted molar refractivity (Wildman–Crippen MR) is 65.0 cm³/mol. The first-order valence-corrected chi connectivity index (χ1v) is 5.70. The van der Waals surface area contributed by atoms with Crippen molar-refractivity contribution in [3.05, 3.63) is 23.5 Å². The lowest BCUT2D eigenvalue weighted by Gasteiger charge is -2.28. The molecule has 1 aromatic rings. The van der Waals surface area contributed by atoms with E-state index in [2.05, 4.69) is 0 Å². The van der Waals surface area contributed by atoms with Gasteiger partial charge < -0.3 is 15.0 Å². The van der Waals surface area contributed by atoms with Crippen LogP contribution in [0, 0.1) is 0 Å². The van der Waals surface area contributed by atoms with Gasteiger partial charge in [-0.2, -0.15) is 13.2 Å². The molecule has 1 atom stereocenters. The van der Waals surface area contributed by atoms with Crippen molar-refractivity contribution in [3.63, 3.8) is 0 Å². The van der Waals surface area contributed by atoms with Crippen LogP contribution in [-0.4, -0.2) is 39.0 Å². The molecule has 2 N–H and O–H groups in total. The third-order valence-electron chi connectivity index (χ3n) is 3.00. The number of ketones is 1. The number of alkyl halides is 3. The zero-order valence-corrected chi connectivity index (χ0v) is 11.4. The fourth-order valence-electron chi connectivity index (χ4n) is 1.52. The van der Waals surface area contributed by atoms with Gasteiger partial charge >= 0.3 is 12.1 Å². The van der Waals surface area contributed by atoms with Gasteiger partial charge in [-0.15, -0.1) is 0 Å². The minimum Gasteiger partial charge on any atom is -0.479 e. The average molecular weight is 306 g/mol. The Kier molecular flexibility index (Phi) is 4.16. The predicted octanol–water partition coefficient (Wildman–Crippen LogP) is 1.36. The van der Waals surface area contributed by atoms with E-state index in [0.717, 1.165) is 10.6 Å². The van der Waals surface area contributed by atoms with Crippen molar-refractivity contribution in [1.29, 1.82) is 0 Å². The lowest BCUT2D eigenvalue weighted by atomic mass is 10.0. The first-order valence-electron chi connectivity index (χ1n) is 5.70. The summed E-state index contributed by atoms with van der Waals surface area (Å²) < 4.78 is 39.6. The van der Waals surface area contributed by atoms with Gasteiger partial charge in [0.25, 0.3) is 5.91 Å². The van der Waals surface area contributed by atoms with Crippen molar-refractivity contribution >= 4 is 17.7 Å². The smallest absolute Gasteiger partial charge is 0.422 e. The summed E-state index contributed by atoms with van der Waals surface area (Å²) in [6.07, 6.45) is -3.91. The third kappa shape index (κ3) is 3.06. The number of carboxylic acids is 1. The van der Waals surface area contributed by atoms with E-state index in [1.165, 1.54) is 25.5 Å². The maximum absolute atomic E-state index is 12.8. The first kappa shape index (κ1) is 16.7. The van der Waals surface area contributed by atoms with Gasteiger partial charge in [-0.05, 0) is 19.9 Å². The van der Waals surface area contributed by atoms with Gasteiger partial charge in [0.2, 0.25) is 5.54 Å². The standard InChI is InChI=1S/C12H13F3N2O4/c1-6(18)7-4-8(17(3)5-7)9(19)16-11(2,10(20)21)12(13,14)15/h4-5H,1-3H3,(H,16,19)(H,20,21). The highest BCUT2D eigenvalue weighted by Gasteiger charge is 2.58. The van der Waals surface area contributed by atoms with Crippen LogP contribution in [0.5, 0.6) is 0 Å². The molecule has 1 unspecified atom stereocenters. The number of aromatic nitrogens is 1. The van der Waals surface area contributed by atoms with E-state index in [4.69, 9.17) is 5.11 Å². The van der Waals surface area contributed by atoms with E-state index in [1.54, 1.807) is 0 Å². The number of Topliss-reactive ketones (excluding diaryl/α,β-unsaturated/α-hetero) is 1. The first-order chi connectivity index (χ1) is 9.40. The van der Waals surface area contributed by atoms with E-state index in [-0.39, 0.29) is 17.0 Å². The molecule has 0 aromatic carbocycles. The van der Waals surface area contributed by atoms with Crippen molar-refractivity contribution in [3.8, 4) is 0 Å². The molecule has 0 fully saturated rings. The van der Waals surface area contributed by atoms with E-state index >= 15 is 0 Å². The monoisotopic (exact) mass is 306 g/mol. The van der Waals surface area contributed by atoms with E-state index in [9.17, 15) is 27.6 Å². The summed E-state index contributed by atoms with van der Waals surface area (Å²) in [6.45, 7) is 1.58.